The van der Waals surface area contributed by atoms with Gasteiger partial charge in [-0.25, -0.2) is 4.98 Å². The quantitative estimate of drug-likeness (QED) is 0.864. The Balaban J connectivity index is 1.67. The number of likely N-dealkylation sites (tertiary alicyclic amines) is 1. The predicted octanol–water partition coefficient (Wildman–Crippen LogP) is 2.79. The molecule has 6 heteroatoms. The molecule has 0 aliphatic carbocycles. The largest absolute Gasteiger partial charge is 0.295 e. The van der Waals surface area contributed by atoms with Crippen LogP contribution in [0, 0.1) is 0 Å². The Kier molecular flexibility index (Phi) is 3.95. The zero-order valence-electron chi connectivity index (χ0n) is 13.2. The van der Waals surface area contributed by atoms with E-state index in [2.05, 4.69) is 39.2 Å². The first kappa shape index (κ1) is 14.9. The van der Waals surface area contributed by atoms with E-state index in [1.165, 1.54) is 23.1 Å². The van der Waals surface area contributed by atoms with E-state index in [0.717, 1.165) is 30.5 Å². The molecule has 2 aliphatic rings. The minimum Gasteiger partial charge on any atom is -0.295 e. The maximum Gasteiger partial charge on any atom is 0.264 e. The number of benzene rings is 1. The molecule has 2 aliphatic heterocycles. The van der Waals surface area contributed by atoms with Crippen molar-refractivity contribution in [1.29, 1.82) is 0 Å². The number of carbonyl (C=O) groups excluding carboxylic acids is 1. The van der Waals surface area contributed by atoms with E-state index in [1.807, 2.05) is 13.0 Å². The summed E-state index contributed by atoms with van der Waals surface area (Å²) in [4.78, 5) is 19.8. The fourth-order valence-electron chi connectivity index (χ4n) is 3.44. The van der Waals surface area contributed by atoms with Gasteiger partial charge in [-0.15, -0.1) is 5.10 Å². The lowest BCUT2D eigenvalue weighted by atomic mass is 10.0. The highest BCUT2D eigenvalue weighted by molar-refractivity contribution is 8.00. The molecule has 2 atom stereocenters. The van der Waals surface area contributed by atoms with Crippen LogP contribution >= 0.6 is 11.8 Å². The molecule has 23 heavy (non-hydrogen) atoms. The zero-order valence-corrected chi connectivity index (χ0v) is 14.0. The first-order chi connectivity index (χ1) is 11.3. The highest BCUT2D eigenvalue weighted by Gasteiger charge is 2.43. The van der Waals surface area contributed by atoms with Crippen LogP contribution in [0.4, 0.5) is 0 Å². The molecule has 120 valence electrons. The maximum atomic E-state index is 12.9. The van der Waals surface area contributed by atoms with Gasteiger partial charge in [-0.05, 0) is 31.5 Å². The number of fused-ring (bicyclic) bond motifs is 1. The van der Waals surface area contributed by atoms with E-state index < -0.39 is 0 Å². The number of thioether (sulfide) groups is 1. The molecule has 3 heterocycles. The van der Waals surface area contributed by atoms with Crippen molar-refractivity contribution < 1.29 is 4.79 Å². The van der Waals surface area contributed by atoms with E-state index in [9.17, 15) is 4.79 Å². The summed E-state index contributed by atoms with van der Waals surface area (Å²) >= 11 is 1.57. The van der Waals surface area contributed by atoms with Gasteiger partial charge in [-0.3, -0.25) is 9.69 Å². The third-order valence-electron chi connectivity index (χ3n) is 4.58. The number of carbonyl (C=O) groups is 1. The summed E-state index contributed by atoms with van der Waals surface area (Å²) in [6.45, 7) is 4.12. The fraction of sp³-hybridized carbons (Fsp3) is 0.471. The number of rotatable bonds is 4. The van der Waals surface area contributed by atoms with Crippen LogP contribution in [0.15, 0.2) is 35.5 Å². The highest BCUT2D eigenvalue weighted by Crippen LogP contribution is 2.41. The van der Waals surface area contributed by atoms with E-state index >= 15 is 0 Å². The molecule has 2 aromatic rings. The summed E-state index contributed by atoms with van der Waals surface area (Å²) in [7, 11) is 0. The predicted molar refractivity (Wildman–Crippen MR) is 89.7 cm³/mol. The lowest BCUT2D eigenvalue weighted by molar-refractivity contribution is 0.0847. The third-order valence-corrected chi connectivity index (χ3v) is 5.77. The second-order valence-corrected chi connectivity index (χ2v) is 7.16. The molecule has 0 amide bonds. The van der Waals surface area contributed by atoms with Gasteiger partial charge in [0.1, 0.15) is 5.25 Å². The Hall–Kier alpha value is -1.66. The molecule has 0 bridgehead atoms. The average Bonchev–Trinajstić information content (AvgIpc) is 3.29. The summed E-state index contributed by atoms with van der Waals surface area (Å²) in [5.41, 5.74) is 1.21. The van der Waals surface area contributed by atoms with Gasteiger partial charge in [0.15, 0.2) is 11.0 Å². The van der Waals surface area contributed by atoms with E-state index in [1.54, 1.807) is 11.8 Å². The molecular formula is C17H20N4OS. The first-order valence-corrected chi connectivity index (χ1v) is 9.11. The van der Waals surface area contributed by atoms with Gasteiger partial charge >= 0.3 is 0 Å². The Labute approximate surface area is 140 Å². The van der Waals surface area contributed by atoms with Crippen LogP contribution in [0.1, 0.15) is 42.0 Å². The lowest BCUT2D eigenvalue weighted by Crippen LogP contribution is -2.37. The smallest absolute Gasteiger partial charge is 0.264 e. The average molecular weight is 328 g/mol. The molecule has 4 rings (SSSR count). The van der Waals surface area contributed by atoms with Crippen LogP contribution in [-0.2, 0) is 6.42 Å². The molecule has 0 radical (unpaired) electrons. The van der Waals surface area contributed by atoms with Crippen molar-refractivity contribution in [2.24, 2.45) is 0 Å². The van der Waals surface area contributed by atoms with Crippen LogP contribution in [0.5, 0.6) is 0 Å². The molecule has 1 fully saturated rings. The van der Waals surface area contributed by atoms with E-state index in [-0.39, 0.29) is 17.2 Å². The van der Waals surface area contributed by atoms with Crippen LogP contribution in [-0.4, -0.2) is 43.9 Å². The highest BCUT2D eigenvalue weighted by atomic mass is 32.2. The van der Waals surface area contributed by atoms with Crippen molar-refractivity contribution in [1.82, 2.24) is 19.7 Å². The second-order valence-electron chi connectivity index (χ2n) is 6.05. The number of aryl methyl sites for hydroxylation is 1. The third kappa shape index (κ3) is 2.60. The van der Waals surface area contributed by atoms with Crippen molar-refractivity contribution in [3.63, 3.8) is 0 Å². The summed E-state index contributed by atoms with van der Waals surface area (Å²) in [6, 6.07) is 10.5. The van der Waals surface area contributed by atoms with Crippen molar-refractivity contribution in [2.75, 3.05) is 13.1 Å². The minimum atomic E-state index is -0.156. The topological polar surface area (TPSA) is 51.0 Å². The monoisotopic (exact) mass is 328 g/mol. The normalized spacial score (nSPS) is 22.5. The van der Waals surface area contributed by atoms with Crippen LogP contribution in [0.25, 0.3) is 0 Å². The van der Waals surface area contributed by atoms with Gasteiger partial charge in [-0.1, -0.05) is 49.0 Å². The minimum absolute atomic E-state index is 0.0675. The van der Waals surface area contributed by atoms with E-state index in [4.69, 9.17) is 0 Å². The van der Waals surface area contributed by atoms with Crippen LogP contribution < -0.4 is 0 Å². The Morgan fingerprint density at radius 3 is 2.65 bits per heavy atom. The number of hydrogen-bond acceptors (Lipinski definition) is 5. The van der Waals surface area contributed by atoms with Crippen LogP contribution in [0.2, 0.25) is 0 Å². The van der Waals surface area contributed by atoms with Gasteiger partial charge in [0, 0.05) is 6.42 Å². The molecule has 1 aromatic carbocycles. The van der Waals surface area contributed by atoms with Gasteiger partial charge in [0.05, 0.1) is 6.04 Å². The lowest BCUT2D eigenvalue weighted by Gasteiger charge is -2.31. The Bertz CT molecular complexity index is 709. The van der Waals surface area contributed by atoms with Gasteiger partial charge in [-0.2, -0.15) is 4.68 Å². The standard InChI is InChI=1S/C17H20N4OS/c1-2-13-18-17-21(19-13)16(22)15(23-17)14(20-10-6-7-11-20)12-8-4-3-5-9-12/h3-5,8-9,14-15H,2,6-7,10-11H2,1H3. The maximum absolute atomic E-state index is 12.9. The molecule has 1 saturated heterocycles. The molecule has 1 aromatic heterocycles. The van der Waals surface area contributed by atoms with Crippen molar-refractivity contribution in [3.05, 3.63) is 41.7 Å². The first-order valence-electron chi connectivity index (χ1n) is 8.23. The molecule has 5 nitrogen and oxygen atoms in total. The van der Waals surface area contributed by atoms with Crippen molar-refractivity contribution in [2.45, 2.75) is 42.6 Å². The summed E-state index contributed by atoms with van der Waals surface area (Å²) in [6.07, 6.45) is 3.17. The molecular weight excluding hydrogens is 308 g/mol. The summed E-state index contributed by atoms with van der Waals surface area (Å²) in [5, 5.41) is 4.95. The second kappa shape index (κ2) is 6.09. The van der Waals surface area contributed by atoms with Gasteiger partial charge in [0.25, 0.3) is 5.91 Å². The Morgan fingerprint density at radius 2 is 2.00 bits per heavy atom. The molecule has 0 N–H and O–H groups in total. The van der Waals surface area contributed by atoms with E-state index in [0.29, 0.717) is 0 Å². The number of aromatic nitrogens is 3. The Morgan fingerprint density at radius 1 is 1.26 bits per heavy atom. The summed E-state index contributed by atoms with van der Waals surface area (Å²) in [5.74, 6) is 0.815. The van der Waals surface area contributed by atoms with Gasteiger partial charge < -0.3 is 0 Å². The SMILES string of the molecule is CCc1nc2n(n1)C(=O)C(C(c1ccccc1)N1CCCC1)S2. The number of nitrogens with zero attached hydrogens (tertiary/aromatic N) is 4. The zero-order chi connectivity index (χ0) is 15.8. The van der Waals surface area contributed by atoms with Crippen molar-refractivity contribution in [3.8, 4) is 0 Å². The molecule has 0 spiro atoms. The summed E-state index contributed by atoms with van der Waals surface area (Å²) < 4.78 is 1.51. The molecule has 2 unspecified atom stereocenters. The van der Waals surface area contributed by atoms with Crippen LogP contribution in [0.3, 0.4) is 0 Å². The fourth-order valence-corrected chi connectivity index (χ4v) is 4.71. The van der Waals surface area contributed by atoms with Crippen molar-refractivity contribution >= 4 is 17.7 Å². The number of hydrogen-bond donors (Lipinski definition) is 0. The molecule has 0 saturated carbocycles. The van der Waals surface area contributed by atoms with Gasteiger partial charge in [0.2, 0.25) is 0 Å².